The molecule has 2 heterocycles. The third kappa shape index (κ3) is 3.11. The van der Waals surface area contributed by atoms with Gasteiger partial charge in [-0.25, -0.2) is 4.79 Å². The highest BCUT2D eigenvalue weighted by molar-refractivity contribution is 5.74. The Balaban J connectivity index is 1.88. The Morgan fingerprint density at radius 3 is 2.05 bits per heavy atom. The summed E-state index contributed by atoms with van der Waals surface area (Å²) in [7, 11) is 1.91. The van der Waals surface area contributed by atoms with Gasteiger partial charge in [0.1, 0.15) is 0 Å². The van der Waals surface area contributed by atoms with Crippen molar-refractivity contribution in [2.45, 2.75) is 59.0 Å². The molecule has 0 atom stereocenters. The molecule has 4 heteroatoms. The Bertz CT molecular complexity index is 346. The van der Waals surface area contributed by atoms with Crippen molar-refractivity contribution in [1.82, 2.24) is 14.7 Å². The number of rotatable bonds is 2. The standard InChI is InChI=1S/C16H31N3O/c1-13(2)17(5)15(20)18-9-6-16(7-10-18)8-11-19(12-16)14(3)4/h13-14H,6-12H2,1-5H3. The molecule has 2 saturated heterocycles. The van der Waals surface area contributed by atoms with E-state index >= 15 is 0 Å². The van der Waals surface area contributed by atoms with Gasteiger partial charge in [-0.3, -0.25) is 0 Å². The van der Waals surface area contributed by atoms with Crippen LogP contribution in [0.4, 0.5) is 4.79 Å². The van der Waals surface area contributed by atoms with Gasteiger partial charge in [-0.05, 0) is 58.9 Å². The molecular weight excluding hydrogens is 250 g/mol. The number of likely N-dealkylation sites (tertiary alicyclic amines) is 2. The van der Waals surface area contributed by atoms with Gasteiger partial charge >= 0.3 is 6.03 Å². The van der Waals surface area contributed by atoms with Crippen LogP contribution in [0, 0.1) is 5.41 Å². The lowest BCUT2D eigenvalue weighted by atomic mass is 9.78. The van der Waals surface area contributed by atoms with Crippen LogP contribution in [0.3, 0.4) is 0 Å². The molecule has 0 aliphatic carbocycles. The topological polar surface area (TPSA) is 26.8 Å². The predicted octanol–water partition coefficient (Wildman–Crippen LogP) is 2.64. The molecule has 4 nitrogen and oxygen atoms in total. The van der Waals surface area contributed by atoms with Crippen molar-refractivity contribution in [3.05, 3.63) is 0 Å². The quantitative estimate of drug-likeness (QED) is 0.778. The van der Waals surface area contributed by atoms with Crippen molar-refractivity contribution in [1.29, 1.82) is 0 Å². The van der Waals surface area contributed by atoms with E-state index in [1.54, 1.807) is 0 Å². The molecule has 0 aromatic rings. The van der Waals surface area contributed by atoms with Gasteiger partial charge in [0.25, 0.3) is 0 Å². The molecule has 20 heavy (non-hydrogen) atoms. The second-order valence-electron chi connectivity index (χ2n) is 7.29. The van der Waals surface area contributed by atoms with Crippen LogP contribution in [0.2, 0.25) is 0 Å². The third-order valence-electron chi connectivity index (χ3n) is 5.37. The molecule has 2 aliphatic rings. The van der Waals surface area contributed by atoms with Gasteiger partial charge in [-0.15, -0.1) is 0 Å². The van der Waals surface area contributed by atoms with Crippen molar-refractivity contribution >= 4 is 6.03 Å². The van der Waals surface area contributed by atoms with Crippen molar-refractivity contribution in [2.24, 2.45) is 5.41 Å². The molecule has 0 aromatic heterocycles. The van der Waals surface area contributed by atoms with E-state index in [0.29, 0.717) is 11.5 Å². The van der Waals surface area contributed by atoms with E-state index in [2.05, 4.69) is 32.6 Å². The Kier molecular flexibility index (Phi) is 4.62. The summed E-state index contributed by atoms with van der Waals surface area (Å²) in [6, 6.07) is 1.14. The normalized spacial score (nSPS) is 23.1. The van der Waals surface area contributed by atoms with Crippen LogP contribution < -0.4 is 0 Å². The van der Waals surface area contributed by atoms with Crippen LogP contribution in [0.25, 0.3) is 0 Å². The summed E-state index contributed by atoms with van der Waals surface area (Å²) in [5.41, 5.74) is 0.484. The van der Waals surface area contributed by atoms with Gasteiger partial charge in [0.15, 0.2) is 0 Å². The lowest BCUT2D eigenvalue weighted by Crippen LogP contribution is -2.50. The summed E-state index contributed by atoms with van der Waals surface area (Å²) in [6.45, 7) is 13.0. The SMILES string of the molecule is CC(C)N1CCC2(CCN(C(=O)N(C)C(C)C)CC2)C1. The lowest BCUT2D eigenvalue weighted by Gasteiger charge is -2.41. The van der Waals surface area contributed by atoms with E-state index < -0.39 is 0 Å². The monoisotopic (exact) mass is 281 g/mol. The van der Waals surface area contributed by atoms with Crippen LogP contribution in [-0.4, -0.2) is 66.0 Å². The number of hydrogen-bond acceptors (Lipinski definition) is 2. The Labute approximate surface area is 124 Å². The van der Waals surface area contributed by atoms with Crippen LogP contribution >= 0.6 is 0 Å². The number of piperidine rings is 1. The molecule has 116 valence electrons. The molecule has 0 aromatic carbocycles. The smallest absolute Gasteiger partial charge is 0.319 e. The first-order chi connectivity index (χ1) is 9.34. The van der Waals surface area contributed by atoms with E-state index in [1.807, 2.05) is 16.8 Å². The summed E-state index contributed by atoms with van der Waals surface area (Å²) in [4.78, 5) is 18.9. The highest BCUT2D eigenvalue weighted by Gasteiger charge is 2.42. The number of carbonyl (C=O) groups excluding carboxylic acids is 1. The molecule has 2 aliphatic heterocycles. The summed E-state index contributed by atoms with van der Waals surface area (Å²) >= 11 is 0. The molecule has 2 rings (SSSR count). The summed E-state index contributed by atoms with van der Waals surface area (Å²) in [5, 5.41) is 0. The van der Waals surface area contributed by atoms with E-state index in [4.69, 9.17) is 0 Å². The van der Waals surface area contributed by atoms with Gasteiger partial charge in [-0.2, -0.15) is 0 Å². The second-order valence-corrected chi connectivity index (χ2v) is 7.29. The molecule has 0 unspecified atom stereocenters. The summed E-state index contributed by atoms with van der Waals surface area (Å²) in [6.07, 6.45) is 3.66. The zero-order valence-electron chi connectivity index (χ0n) is 13.9. The van der Waals surface area contributed by atoms with Crippen LogP contribution in [0.15, 0.2) is 0 Å². The van der Waals surface area contributed by atoms with E-state index in [0.717, 1.165) is 13.1 Å². The maximum absolute atomic E-state index is 12.4. The van der Waals surface area contributed by atoms with Crippen LogP contribution in [-0.2, 0) is 0 Å². The molecule has 2 amide bonds. The average Bonchev–Trinajstić information content (AvgIpc) is 2.82. The Hall–Kier alpha value is -0.770. The molecule has 0 N–H and O–H groups in total. The van der Waals surface area contributed by atoms with E-state index in [1.165, 1.54) is 32.4 Å². The summed E-state index contributed by atoms with van der Waals surface area (Å²) < 4.78 is 0. The number of amides is 2. The zero-order chi connectivity index (χ0) is 14.9. The number of carbonyl (C=O) groups is 1. The van der Waals surface area contributed by atoms with Crippen molar-refractivity contribution in [3.8, 4) is 0 Å². The molecule has 2 fully saturated rings. The van der Waals surface area contributed by atoms with Gasteiger partial charge in [-0.1, -0.05) is 0 Å². The van der Waals surface area contributed by atoms with Gasteiger partial charge < -0.3 is 14.7 Å². The van der Waals surface area contributed by atoms with Crippen molar-refractivity contribution in [2.75, 3.05) is 33.2 Å². The fourth-order valence-corrected chi connectivity index (χ4v) is 3.43. The second kappa shape index (κ2) is 5.92. The minimum absolute atomic E-state index is 0.202. The maximum atomic E-state index is 12.4. The van der Waals surface area contributed by atoms with Crippen LogP contribution in [0.5, 0.6) is 0 Å². The number of nitrogens with zero attached hydrogens (tertiary/aromatic N) is 3. The highest BCUT2D eigenvalue weighted by atomic mass is 16.2. The van der Waals surface area contributed by atoms with Crippen molar-refractivity contribution in [3.63, 3.8) is 0 Å². The average molecular weight is 281 g/mol. The first-order valence-corrected chi connectivity index (χ1v) is 8.10. The molecular formula is C16H31N3O. The first-order valence-electron chi connectivity index (χ1n) is 8.10. The van der Waals surface area contributed by atoms with Crippen molar-refractivity contribution < 1.29 is 4.79 Å². The van der Waals surface area contributed by atoms with E-state index in [9.17, 15) is 4.79 Å². The molecule has 0 bridgehead atoms. The fraction of sp³-hybridized carbons (Fsp3) is 0.938. The Morgan fingerprint density at radius 2 is 1.60 bits per heavy atom. The minimum Gasteiger partial charge on any atom is -0.325 e. The molecule has 1 spiro atoms. The van der Waals surface area contributed by atoms with Gasteiger partial charge in [0, 0.05) is 38.8 Å². The van der Waals surface area contributed by atoms with Gasteiger partial charge in [0.2, 0.25) is 0 Å². The molecule has 0 saturated carbocycles. The number of hydrogen-bond donors (Lipinski definition) is 0. The minimum atomic E-state index is 0.202. The maximum Gasteiger partial charge on any atom is 0.319 e. The summed E-state index contributed by atoms with van der Waals surface area (Å²) in [5.74, 6) is 0. The fourth-order valence-electron chi connectivity index (χ4n) is 3.43. The van der Waals surface area contributed by atoms with Gasteiger partial charge in [0.05, 0.1) is 0 Å². The number of urea groups is 1. The zero-order valence-corrected chi connectivity index (χ0v) is 13.9. The highest BCUT2D eigenvalue weighted by Crippen LogP contribution is 2.41. The first kappa shape index (κ1) is 15.6. The largest absolute Gasteiger partial charge is 0.325 e. The Morgan fingerprint density at radius 1 is 1.05 bits per heavy atom. The third-order valence-corrected chi connectivity index (χ3v) is 5.37. The predicted molar refractivity (Wildman–Crippen MR) is 82.9 cm³/mol. The molecule has 0 radical (unpaired) electrons. The lowest BCUT2D eigenvalue weighted by molar-refractivity contribution is 0.0953. The van der Waals surface area contributed by atoms with Crippen LogP contribution in [0.1, 0.15) is 47.0 Å². The van der Waals surface area contributed by atoms with E-state index in [-0.39, 0.29) is 12.1 Å².